The molecule has 0 unspecified atom stereocenters. The summed E-state index contributed by atoms with van der Waals surface area (Å²) in [5.74, 6) is -1.09. The number of ether oxygens (including phenoxy) is 2. The van der Waals surface area contributed by atoms with Crippen molar-refractivity contribution in [3.05, 3.63) is 52.0 Å². The third-order valence-electron chi connectivity index (χ3n) is 3.67. The van der Waals surface area contributed by atoms with Gasteiger partial charge < -0.3 is 24.7 Å². The molecule has 0 amide bonds. The summed E-state index contributed by atoms with van der Waals surface area (Å²) >= 11 is 11.2. The Labute approximate surface area is 166 Å². The molecule has 0 spiro atoms. The molecule has 0 aliphatic heterocycles. The number of carbonyl (C=O) groups is 1. The van der Waals surface area contributed by atoms with Gasteiger partial charge in [-0.2, -0.15) is 5.10 Å². The number of hydrazone groups is 1. The number of carbonyl (C=O) groups excluding carboxylic acids is 1. The largest absolute Gasteiger partial charge is 0.545 e. The average molecular weight is 407 g/mol. The van der Waals surface area contributed by atoms with Crippen LogP contribution < -0.4 is 25.3 Å². The summed E-state index contributed by atoms with van der Waals surface area (Å²) in [4.78, 5) is 11.5. The lowest BCUT2D eigenvalue weighted by atomic mass is 10.1. The predicted molar refractivity (Wildman–Crippen MR) is 107 cm³/mol. The molecule has 2 rings (SSSR count). The Morgan fingerprint density at radius 3 is 2.63 bits per heavy atom. The minimum atomic E-state index is -1.41. The maximum atomic E-state index is 11.5. The highest BCUT2D eigenvalue weighted by molar-refractivity contribution is 7.80. The van der Waals surface area contributed by atoms with Crippen LogP contribution >= 0.6 is 23.8 Å². The molecular weight excluding hydrogens is 390 g/mol. The number of carboxylic acid groups (broad SMARTS) is 1. The van der Waals surface area contributed by atoms with Crippen LogP contribution in [0.2, 0.25) is 5.02 Å². The van der Waals surface area contributed by atoms with E-state index in [1.807, 2.05) is 13.0 Å². The Bertz CT molecular complexity index is 902. The normalized spacial score (nSPS) is 10.5. The van der Waals surface area contributed by atoms with E-state index in [0.29, 0.717) is 5.02 Å². The van der Waals surface area contributed by atoms with E-state index in [1.54, 1.807) is 18.2 Å². The van der Waals surface area contributed by atoms with E-state index >= 15 is 0 Å². The van der Waals surface area contributed by atoms with Gasteiger partial charge in [-0.3, -0.25) is 5.43 Å². The van der Waals surface area contributed by atoms with Crippen LogP contribution in [0.25, 0.3) is 0 Å². The molecule has 0 bridgehead atoms. The summed E-state index contributed by atoms with van der Waals surface area (Å²) in [7, 11) is 2.75. The summed E-state index contributed by atoms with van der Waals surface area (Å²) in [5, 5.41) is 19.2. The van der Waals surface area contributed by atoms with E-state index in [-0.39, 0.29) is 27.7 Å². The van der Waals surface area contributed by atoms with Crippen LogP contribution in [0.5, 0.6) is 11.5 Å². The average Bonchev–Trinajstić information content (AvgIpc) is 2.64. The number of hydrogen-bond acceptors (Lipinski definition) is 6. The van der Waals surface area contributed by atoms with Gasteiger partial charge in [0.2, 0.25) is 0 Å². The van der Waals surface area contributed by atoms with Gasteiger partial charge in [-0.15, -0.1) is 0 Å². The first-order valence-electron chi connectivity index (χ1n) is 7.70. The third-order valence-corrected chi connectivity index (χ3v) is 4.27. The molecule has 0 radical (unpaired) electrons. The maximum Gasteiger partial charge on any atom is 0.191 e. The van der Waals surface area contributed by atoms with Crippen LogP contribution in [0.4, 0.5) is 5.69 Å². The van der Waals surface area contributed by atoms with Crippen molar-refractivity contribution in [1.29, 1.82) is 0 Å². The van der Waals surface area contributed by atoms with Crippen LogP contribution in [-0.4, -0.2) is 31.5 Å². The summed E-state index contributed by atoms with van der Waals surface area (Å²) in [6, 6.07) is 8.48. The Morgan fingerprint density at radius 1 is 1.26 bits per heavy atom. The van der Waals surface area contributed by atoms with Crippen LogP contribution in [0.15, 0.2) is 35.4 Å². The molecule has 0 saturated carbocycles. The maximum absolute atomic E-state index is 11.5. The highest BCUT2D eigenvalue weighted by atomic mass is 35.5. The van der Waals surface area contributed by atoms with Crippen molar-refractivity contribution in [2.75, 3.05) is 19.5 Å². The summed E-state index contributed by atoms with van der Waals surface area (Å²) in [6.45, 7) is 1.85. The number of anilines is 1. The van der Waals surface area contributed by atoms with Gasteiger partial charge in [-0.1, -0.05) is 17.7 Å². The Hall–Kier alpha value is -2.84. The third kappa shape index (κ3) is 4.87. The van der Waals surface area contributed by atoms with Crippen LogP contribution in [0.1, 0.15) is 21.5 Å². The molecule has 2 aromatic carbocycles. The zero-order valence-corrected chi connectivity index (χ0v) is 16.4. The molecule has 0 aromatic heterocycles. The zero-order valence-electron chi connectivity index (χ0n) is 14.8. The molecule has 7 nitrogen and oxygen atoms in total. The fraction of sp³-hybridized carbons (Fsp3) is 0.167. The molecule has 0 heterocycles. The first-order chi connectivity index (χ1) is 12.9. The van der Waals surface area contributed by atoms with E-state index in [2.05, 4.69) is 15.8 Å². The lowest BCUT2D eigenvalue weighted by molar-refractivity contribution is -0.255. The van der Waals surface area contributed by atoms with Crippen LogP contribution in [0.3, 0.4) is 0 Å². The number of hydrogen-bond donors (Lipinski definition) is 2. The standard InChI is InChI=1S/C18H18ClN3O4S/c1-10-12(19)5-4-6-13(10)21-18(27)22-20-9-11-7-8-14(25-2)16(26-3)15(11)17(23)24/h4-9H,1-3H3,(H,23,24)(H2,21,22,27)/p-1/b20-9-. The van der Waals surface area contributed by atoms with Gasteiger partial charge in [0.1, 0.15) is 0 Å². The lowest BCUT2D eigenvalue weighted by Crippen LogP contribution is -2.26. The number of aromatic carboxylic acids is 1. The zero-order chi connectivity index (χ0) is 20.0. The Balaban J connectivity index is 2.17. The lowest BCUT2D eigenvalue weighted by Gasteiger charge is -2.15. The minimum absolute atomic E-state index is 0.0525. The van der Waals surface area contributed by atoms with Crippen molar-refractivity contribution in [3.63, 3.8) is 0 Å². The highest BCUT2D eigenvalue weighted by Crippen LogP contribution is 2.32. The number of benzene rings is 2. The predicted octanol–water partition coefficient (Wildman–Crippen LogP) is 2.35. The molecule has 0 aliphatic rings. The second kappa shape index (κ2) is 9.20. The molecule has 0 aliphatic carbocycles. The molecule has 2 aromatic rings. The monoisotopic (exact) mass is 406 g/mol. The van der Waals surface area contributed by atoms with Gasteiger partial charge in [0.15, 0.2) is 16.6 Å². The van der Waals surface area contributed by atoms with Gasteiger partial charge >= 0.3 is 0 Å². The molecule has 0 fully saturated rings. The molecule has 27 heavy (non-hydrogen) atoms. The van der Waals surface area contributed by atoms with Crippen molar-refractivity contribution >= 4 is 46.8 Å². The van der Waals surface area contributed by atoms with Crippen molar-refractivity contribution in [1.82, 2.24) is 5.43 Å². The van der Waals surface area contributed by atoms with E-state index < -0.39 is 5.97 Å². The summed E-state index contributed by atoms with van der Waals surface area (Å²) in [6.07, 6.45) is 1.30. The fourth-order valence-corrected chi connectivity index (χ4v) is 2.65. The minimum Gasteiger partial charge on any atom is -0.545 e. The highest BCUT2D eigenvalue weighted by Gasteiger charge is 2.15. The molecule has 9 heteroatoms. The number of nitrogens with one attached hydrogen (secondary N) is 2. The Kier molecular flexibility index (Phi) is 6.98. The molecule has 0 saturated heterocycles. The van der Waals surface area contributed by atoms with Crippen LogP contribution in [-0.2, 0) is 0 Å². The first-order valence-corrected chi connectivity index (χ1v) is 8.49. The van der Waals surface area contributed by atoms with Crippen molar-refractivity contribution in [2.45, 2.75) is 6.92 Å². The van der Waals surface area contributed by atoms with Crippen LogP contribution in [0, 0.1) is 6.92 Å². The van der Waals surface area contributed by atoms with Gasteiger partial charge in [-0.05, 0) is 49.0 Å². The SMILES string of the molecule is COc1ccc(/C=N\NC(=S)Nc2cccc(Cl)c2C)c(C(=O)[O-])c1OC. The van der Waals surface area contributed by atoms with Gasteiger partial charge in [0, 0.05) is 16.3 Å². The van der Waals surface area contributed by atoms with E-state index in [1.165, 1.54) is 26.5 Å². The number of rotatable bonds is 6. The second-order valence-electron chi connectivity index (χ2n) is 5.29. The number of carboxylic acids is 1. The smallest absolute Gasteiger partial charge is 0.191 e. The van der Waals surface area contributed by atoms with Gasteiger partial charge in [0.05, 0.1) is 32.0 Å². The van der Waals surface area contributed by atoms with Gasteiger partial charge in [-0.25, -0.2) is 0 Å². The first kappa shape index (κ1) is 20.5. The van der Waals surface area contributed by atoms with E-state index in [0.717, 1.165) is 11.3 Å². The second-order valence-corrected chi connectivity index (χ2v) is 6.10. The molecular formula is C18H17ClN3O4S-. The summed E-state index contributed by atoms with van der Waals surface area (Å²) < 4.78 is 10.2. The Morgan fingerprint density at radius 2 is 2.00 bits per heavy atom. The quantitative estimate of drug-likeness (QED) is 0.432. The van der Waals surface area contributed by atoms with Gasteiger partial charge in [0.25, 0.3) is 0 Å². The molecule has 0 atom stereocenters. The van der Waals surface area contributed by atoms with Crippen molar-refractivity contribution in [2.24, 2.45) is 5.10 Å². The van der Waals surface area contributed by atoms with Crippen molar-refractivity contribution < 1.29 is 19.4 Å². The van der Waals surface area contributed by atoms with Crippen molar-refractivity contribution in [3.8, 4) is 11.5 Å². The molecule has 142 valence electrons. The number of halogens is 1. The van der Waals surface area contributed by atoms with E-state index in [4.69, 9.17) is 33.3 Å². The van der Waals surface area contributed by atoms with E-state index in [9.17, 15) is 9.90 Å². The number of methoxy groups -OCH3 is 2. The topological polar surface area (TPSA) is 95.0 Å². The fourth-order valence-electron chi connectivity index (χ4n) is 2.31. The summed E-state index contributed by atoms with van der Waals surface area (Å²) in [5.41, 5.74) is 4.28. The number of nitrogens with zero attached hydrogens (tertiary/aromatic N) is 1. The number of thiocarbonyl (C=S) groups is 1. The molecule has 2 N–H and O–H groups in total.